The Bertz CT molecular complexity index is 1420. The van der Waals surface area contributed by atoms with Gasteiger partial charge in [0, 0.05) is 10.2 Å². The Morgan fingerprint density at radius 2 is 2.00 bits per heavy atom. The largest absolute Gasteiger partial charge is 0.496 e. The van der Waals surface area contributed by atoms with Gasteiger partial charge in [-0.1, -0.05) is 40.5 Å². The number of aryl methyl sites for hydroxylation is 2. The summed E-state index contributed by atoms with van der Waals surface area (Å²) in [6.07, 6.45) is 0.910. The summed E-state index contributed by atoms with van der Waals surface area (Å²) in [5.74, 6) is 0.499. The fourth-order valence-electron chi connectivity index (χ4n) is 3.58. The first-order valence-electron chi connectivity index (χ1n) is 10.4. The molecule has 1 amide bonds. The molecule has 4 aromatic rings. The molecule has 1 aromatic heterocycles. The smallest absolute Gasteiger partial charge is 0.261 e. The van der Waals surface area contributed by atoms with Crippen molar-refractivity contribution in [3.8, 4) is 17.2 Å². The van der Waals surface area contributed by atoms with Crippen LogP contribution < -0.4 is 15.4 Å². The van der Waals surface area contributed by atoms with E-state index in [0.717, 1.165) is 22.0 Å². The number of ether oxygens (including phenoxy) is 1. The summed E-state index contributed by atoms with van der Waals surface area (Å²) in [4.78, 5) is 17.4. The van der Waals surface area contributed by atoms with Gasteiger partial charge in [-0.3, -0.25) is 10.1 Å². The van der Waals surface area contributed by atoms with E-state index >= 15 is 0 Å². The topological polar surface area (TPSA) is 76.4 Å². The van der Waals surface area contributed by atoms with Crippen molar-refractivity contribution in [1.82, 2.24) is 10.3 Å². The average molecular weight is 559 g/mol. The van der Waals surface area contributed by atoms with Crippen molar-refractivity contribution in [3.05, 3.63) is 74.7 Å². The number of hydrogen-bond acceptors (Lipinski definition) is 5. The number of oxazole rings is 1. The first-order chi connectivity index (χ1) is 16.3. The Labute approximate surface area is 215 Å². The molecule has 9 heteroatoms. The molecule has 34 heavy (non-hydrogen) atoms. The maximum absolute atomic E-state index is 12.8. The highest BCUT2D eigenvalue weighted by Crippen LogP contribution is 2.33. The van der Waals surface area contributed by atoms with Crippen molar-refractivity contribution in [2.45, 2.75) is 20.3 Å². The van der Waals surface area contributed by atoms with E-state index in [0.29, 0.717) is 39.1 Å². The van der Waals surface area contributed by atoms with Crippen LogP contribution in [0.4, 0.5) is 5.69 Å². The zero-order valence-corrected chi connectivity index (χ0v) is 21.8. The maximum Gasteiger partial charge on any atom is 0.261 e. The molecule has 6 nitrogen and oxygen atoms in total. The van der Waals surface area contributed by atoms with Crippen LogP contribution >= 0.6 is 39.7 Å². The lowest BCUT2D eigenvalue weighted by molar-refractivity contribution is 0.0974. The summed E-state index contributed by atoms with van der Waals surface area (Å²) in [7, 11) is 1.52. The van der Waals surface area contributed by atoms with E-state index in [1.165, 1.54) is 12.7 Å². The predicted molar refractivity (Wildman–Crippen MR) is 143 cm³/mol. The molecule has 174 valence electrons. The fourth-order valence-corrected chi connectivity index (χ4v) is 4.56. The maximum atomic E-state index is 12.8. The Kier molecular flexibility index (Phi) is 7.21. The number of benzene rings is 3. The highest BCUT2D eigenvalue weighted by atomic mass is 79.9. The Hall–Kier alpha value is -2.94. The minimum absolute atomic E-state index is 0.128. The zero-order valence-electron chi connectivity index (χ0n) is 18.7. The standard InChI is InChI=1S/C25H21BrClN3O3S/c1-4-14-5-8-21-20(10-14)29-24(33-21)17-12-16(6-7-19(17)27)28-25(34)30-23(31)18-11-15(26)9-13(2)22(18)32-3/h5-12H,4H2,1-3H3,(H2,28,30,31,34). The number of rotatable bonds is 5. The summed E-state index contributed by atoms with van der Waals surface area (Å²) < 4.78 is 12.1. The van der Waals surface area contributed by atoms with Gasteiger partial charge < -0.3 is 14.5 Å². The molecule has 0 aliphatic rings. The molecular weight excluding hydrogens is 538 g/mol. The number of carbonyl (C=O) groups excluding carboxylic acids is 1. The number of methoxy groups -OCH3 is 1. The molecule has 0 fully saturated rings. The lowest BCUT2D eigenvalue weighted by Crippen LogP contribution is -2.34. The SMILES string of the molecule is CCc1ccc2oc(-c3cc(NC(=S)NC(=O)c4cc(Br)cc(C)c4OC)ccc3Cl)nc2c1. The average Bonchev–Trinajstić information content (AvgIpc) is 3.22. The third-order valence-corrected chi connectivity index (χ3v) is 6.22. The van der Waals surface area contributed by atoms with Gasteiger partial charge in [0.15, 0.2) is 10.7 Å². The van der Waals surface area contributed by atoms with Crippen molar-refractivity contribution in [2.75, 3.05) is 12.4 Å². The second kappa shape index (κ2) is 10.1. The quantitative estimate of drug-likeness (QED) is 0.259. The molecular formula is C25H21BrClN3O3S. The van der Waals surface area contributed by atoms with E-state index in [1.807, 2.05) is 31.2 Å². The summed E-state index contributed by atoms with van der Waals surface area (Å²) in [6, 6.07) is 14.7. The number of fused-ring (bicyclic) bond motifs is 1. The molecule has 3 aromatic carbocycles. The van der Waals surface area contributed by atoms with Crippen molar-refractivity contribution >= 4 is 67.6 Å². The number of carbonyl (C=O) groups is 1. The van der Waals surface area contributed by atoms with Gasteiger partial charge in [-0.2, -0.15) is 0 Å². The van der Waals surface area contributed by atoms with Crippen molar-refractivity contribution in [2.24, 2.45) is 0 Å². The van der Waals surface area contributed by atoms with Crippen LogP contribution in [0.5, 0.6) is 5.75 Å². The molecule has 0 unspecified atom stereocenters. The van der Waals surface area contributed by atoms with E-state index in [4.69, 9.17) is 33.0 Å². The summed E-state index contributed by atoms with van der Waals surface area (Å²) in [5.41, 5.74) is 5.05. The number of thiocarbonyl (C=S) groups is 1. The first-order valence-corrected chi connectivity index (χ1v) is 12.0. The predicted octanol–water partition coefficient (Wildman–Crippen LogP) is 6.92. The van der Waals surface area contributed by atoms with Crippen LogP contribution in [0.3, 0.4) is 0 Å². The van der Waals surface area contributed by atoms with E-state index in [1.54, 1.807) is 24.3 Å². The molecule has 0 atom stereocenters. The second-order valence-electron chi connectivity index (χ2n) is 7.58. The summed E-state index contributed by atoms with van der Waals surface area (Å²) >= 11 is 15.2. The van der Waals surface area contributed by atoms with Gasteiger partial charge in [0.1, 0.15) is 11.3 Å². The molecule has 0 radical (unpaired) electrons. The molecule has 1 heterocycles. The van der Waals surface area contributed by atoms with Crippen LogP contribution in [-0.4, -0.2) is 23.1 Å². The molecule has 0 saturated heterocycles. The van der Waals surface area contributed by atoms with Crippen LogP contribution in [0, 0.1) is 6.92 Å². The number of hydrogen-bond donors (Lipinski definition) is 2. The number of anilines is 1. The lowest BCUT2D eigenvalue weighted by Gasteiger charge is -2.14. The Morgan fingerprint density at radius 1 is 1.21 bits per heavy atom. The molecule has 0 bridgehead atoms. The minimum Gasteiger partial charge on any atom is -0.496 e. The number of aromatic nitrogens is 1. The van der Waals surface area contributed by atoms with E-state index in [2.05, 4.69) is 38.5 Å². The number of halogens is 2. The number of amides is 1. The monoisotopic (exact) mass is 557 g/mol. The van der Waals surface area contributed by atoms with Gasteiger partial charge in [-0.15, -0.1) is 0 Å². The van der Waals surface area contributed by atoms with Crippen LogP contribution in [0.15, 0.2) is 57.4 Å². The first kappa shape index (κ1) is 24.2. The van der Waals surface area contributed by atoms with Crippen LogP contribution in [-0.2, 0) is 6.42 Å². The highest BCUT2D eigenvalue weighted by molar-refractivity contribution is 9.10. The van der Waals surface area contributed by atoms with E-state index in [-0.39, 0.29) is 5.11 Å². The van der Waals surface area contributed by atoms with Gasteiger partial charge in [0.05, 0.1) is 23.3 Å². The Balaban J connectivity index is 1.55. The highest BCUT2D eigenvalue weighted by Gasteiger charge is 2.18. The van der Waals surface area contributed by atoms with Crippen LogP contribution in [0.1, 0.15) is 28.4 Å². The fraction of sp³-hybridized carbons (Fsp3) is 0.160. The third kappa shape index (κ3) is 5.09. The normalized spacial score (nSPS) is 10.9. The molecule has 2 N–H and O–H groups in total. The summed E-state index contributed by atoms with van der Waals surface area (Å²) in [6.45, 7) is 3.95. The third-order valence-electron chi connectivity index (χ3n) is 5.23. The zero-order chi connectivity index (χ0) is 24.4. The second-order valence-corrected chi connectivity index (χ2v) is 9.31. The summed E-state index contributed by atoms with van der Waals surface area (Å²) in [5, 5.41) is 6.32. The minimum atomic E-state index is -0.390. The van der Waals surface area contributed by atoms with Crippen LogP contribution in [0.25, 0.3) is 22.6 Å². The molecule has 0 saturated carbocycles. The molecule has 4 rings (SSSR count). The Morgan fingerprint density at radius 3 is 2.74 bits per heavy atom. The van der Waals surface area contributed by atoms with Crippen LogP contribution in [0.2, 0.25) is 5.02 Å². The van der Waals surface area contributed by atoms with Crippen molar-refractivity contribution in [3.63, 3.8) is 0 Å². The van der Waals surface area contributed by atoms with E-state index < -0.39 is 5.91 Å². The molecule has 0 aliphatic carbocycles. The van der Waals surface area contributed by atoms with Gasteiger partial charge in [0.25, 0.3) is 5.91 Å². The molecule has 0 spiro atoms. The van der Waals surface area contributed by atoms with Gasteiger partial charge in [-0.25, -0.2) is 4.98 Å². The lowest BCUT2D eigenvalue weighted by atomic mass is 10.1. The molecule has 0 aliphatic heterocycles. The number of nitrogens with one attached hydrogen (secondary N) is 2. The van der Waals surface area contributed by atoms with Crippen molar-refractivity contribution in [1.29, 1.82) is 0 Å². The van der Waals surface area contributed by atoms with Gasteiger partial charge >= 0.3 is 0 Å². The van der Waals surface area contributed by atoms with Crippen molar-refractivity contribution < 1.29 is 13.9 Å². The van der Waals surface area contributed by atoms with E-state index in [9.17, 15) is 4.79 Å². The number of nitrogens with zero attached hydrogens (tertiary/aromatic N) is 1. The van der Waals surface area contributed by atoms with Gasteiger partial charge in [0.2, 0.25) is 5.89 Å². The van der Waals surface area contributed by atoms with Gasteiger partial charge in [-0.05, 0) is 79.2 Å².